The van der Waals surface area contributed by atoms with Crippen molar-refractivity contribution in [2.75, 3.05) is 45.4 Å². The second-order valence-electron chi connectivity index (χ2n) is 8.05. The van der Waals surface area contributed by atoms with E-state index in [4.69, 9.17) is 14.2 Å². The summed E-state index contributed by atoms with van der Waals surface area (Å²) in [5.41, 5.74) is 2.59. The molecule has 0 aliphatic carbocycles. The number of carbonyl (C=O) groups excluding carboxylic acids is 2. The van der Waals surface area contributed by atoms with Gasteiger partial charge in [-0.05, 0) is 53.4 Å². The minimum absolute atomic E-state index is 0.155. The summed E-state index contributed by atoms with van der Waals surface area (Å²) in [5, 5.41) is 7.57. The van der Waals surface area contributed by atoms with Crippen LogP contribution in [0.25, 0.3) is 6.08 Å². The molecule has 3 aromatic rings. The molecule has 1 aliphatic heterocycles. The molecule has 1 aliphatic rings. The van der Waals surface area contributed by atoms with Gasteiger partial charge < -0.3 is 29.7 Å². The fourth-order valence-corrected chi connectivity index (χ4v) is 4.43. The summed E-state index contributed by atoms with van der Waals surface area (Å²) < 4.78 is 15.9. The van der Waals surface area contributed by atoms with Crippen LogP contribution in [0.1, 0.15) is 20.8 Å². The standard InChI is InChI=1S/C27H29N3O5S/c1-33-24-10-7-20(16-25(24)34-2)26(31)29-23(17-22-4-3-15-36-22)27(32)28-18-19-5-8-21(9-6-19)30-11-13-35-14-12-30/h3-10,15-17H,11-14,18H2,1-2H3,(H,28,32)(H,29,31)/b23-17-. The lowest BCUT2D eigenvalue weighted by Crippen LogP contribution is -2.36. The van der Waals surface area contributed by atoms with Crippen LogP contribution in [-0.2, 0) is 16.1 Å². The number of methoxy groups -OCH3 is 2. The van der Waals surface area contributed by atoms with Crippen molar-refractivity contribution in [3.05, 3.63) is 81.7 Å². The van der Waals surface area contributed by atoms with Crippen LogP contribution in [0.5, 0.6) is 11.5 Å². The number of nitrogens with one attached hydrogen (secondary N) is 2. The van der Waals surface area contributed by atoms with Crippen molar-refractivity contribution in [3.63, 3.8) is 0 Å². The smallest absolute Gasteiger partial charge is 0.268 e. The molecule has 0 atom stereocenters. The van der Waals surface area contributed by atoms with Crippen LogP contribution in [0, 0.1) is 0 Å². The van der Waals surface area contributed by atoms with E-state index >= 15 is 0 Å². The van der Waals surface area contributed by atoms with Crippen LogP contribution >= 0.6 is 11.3 Å². The van der Waals surface area contributed by atoms with E-state index in [1.807, 2.05) is 41.8 Å². The first-order valence-electron chi connectivity index (χ1n) is 11.6. The molecule has 2 amide bonds. The maximum atomic E-state index is 13.1. The van der Waals surface area contributed by atoms with Gasteiger partial charge in [0, 0.05) is 35.8 Å². The normalized spacial score (nSPS) is 13.7. The number of amides is 2. The summed E-state index contributed by atoms with van der Waals surface area (Å²) >= 11 is 1.47. The number of nitrogens with zero attached hydrogens (tertiary/aromatic N) is 1. The number of thiophene rings is 1. The van der Waals surface area contributed by atoms with Gasteiger partial charge in [-0.3, -0.25) is 9.59 Å². The predicted molar refractivity (Wildman–Crippen MR) is 141 cm³/mol. The Balaban J connectivity index is 1.44. The van der Waals surface area contributed by atoms with Crippen molar-refractivity contribution in [3.8, 4) is 11.5 Å². The number of hydrogen-bond donors (Lipinski definition) is 2. The monoisotopic (exact) mass is 507 g/mol. The molecule has 1 fully saturated rings. The predicted octanol–water partition coefficient (Wildman–Crippen LogP) is 3.69. The molecule has 2 N–H and O–H groups in total. The highest BCUT2D eigenvalue weighted by Crippen LogP contribution is 2.27. The second-order valence-corrected chi connectivity index (χ2v) is 9.03. The van der Waals surface area contributed by atoms with Crippen LogP contribution < -0.4 is 25.0 Å². The number of morpholine rings is 1. The molecule has 1 aromatic heterocycles. The molecule has 0 bridgehead atoms. The molecule has 36 heavy (non-hydrogen) atoms. The molecule has 188 valence electrons. The molecule has 0 saturated carbocycles. The van der Waals surface area contributed by atoms with Gasteiger partial charge >= 0.3 is 0 Å². The maximum absolute atomic E-state index is 13.1. The fourth-order valence-electron chi connectivity index (χ4n) is 3.77. The van der Waals surface area contributed by atoms with Crippen LogP contribution in [0.2, 0.25) is 0 Å². The van der Waals surface area contributed by atoms with E-state index in [0.717, 1.165) is 42.4 Å². The average Bonchev–Trinajstić information content (AvgIpc) is 3.45. The Morgan fingerprint density at radius 2 is 1.78 bits per heavy atom. The quantitative estimate of drug-likeness (QED) is 0.430. The van der Waals surface area contributed by atoms with Crippen LogP contribution in [0.3, 0.4) is 0 Å². The minimum Gasteiger partial charge on any atom is -0.493 e. The highest BCUT2D eigenvalue weighted by atomic mass is 32.1. The Labute approximate surface area is 214 Å². The van der Waals surface area contributed by atoms with Gasteiger partial charge in [0.25, 0.3) is 11.8 Å². The molecule has 0 unspecified atom stereocenters. The lowest BCUT2D eigenvalue weighted by molar-refractivity contribution is -0.117. The zero-order valence-electron chi connectivity index (χ0n) is 20.3. The third kappa shape index (κ3) is 6.44. The van der Waals surface area contributed by atoms with E-state index in [-0.39, 0.29) is 11.6 Å². The molecular weight excluding hydrogens is 478 g/mol. The fraction of sp³-hybridized carbons (Fsp3) is 0.259. The first-order valence-corrected chi connectivity index (χ1v) is 12.4. The first-order chi connectivity index (χ1) is 17.6. The third-order valence-electron chi connectivity index (χ3n) is 5.73. The topological polar surface area (TPSA) is 89.1 Å². The maximum Gasteiger partial charge on any atom is 0.268 e. The Kier molecular flexibility index (Phi) is 8.59. The van der Waals surface area contributed by atoms with Gasteiger partial charge in [0.05, 0.1) is 27.4 Å². The Bertz CT molecular complexity index is 1200. The van der Waals surface area contributed by atoms with Crippen LogP contribution in [0.15, 0.2) is 65.7 Å². The van der Waals surface area contributed by atoms with Crippen molar-refractivity contribution in [1.29, 1.82) is 0 Å². The van der Waals surface area contributed by atoms with Crippen molar-refractivity contribution in [1.82, 2.24) is 10.6 Å². The highest BCUT2D eigenvalue weighted by molar-refractivity contribution is 7.10. The second kappa shape index (κ2) is 12.2. The van der Waals surface area contributed by atoms with E-state index in [2.05, 4.69) is 15.5 Å². The van der Waals surface area contributed by atoms with Gasteiger partial charge in [-0.2, -0.15) is 0 Å². The lowest BCUT2D eigenvalue weighted by Gasteiger charge is -2.28. The van der Waals surface area contributed by atoms with E-state index < -0.39 is 5.91 Å². The van der Waals surface area contributed by atoms with Gasteiger partial charge in [-0.15, -0.1) is 11.3 Å². The molecule has 1 saturated heterocycles. The van der Waals surface area contributed by atoms with Crippen molar-refractivity contribution in [2.24, 2.45) is 0 Å². The summed E-state index contributed by atoms with van der Waals surface area (Å²) in [4.78, 5) is 29.2. The summed E-state index contributed by atoms with van der Waals surface area (Å²) in [6, 6.07) is 16.7. The van der Waals surface area contributed by atoms with E-state index in [0.29, 0.717) is 23.6 Å². The zero-order chi connectivity index (χ0) is 25.3. The molecule has 8 nitrogen and oxygen atoms in total. The van der Waals surface area contributed by atoms with Crippen molar-refractivity contribution < 1.29 is 23.8 Å². The summed E-state index contributed by atoms with van der Waals surface area (Å²) in [7, 11) is 3.03. The Morgan fingerprint density at radius 3 is 2.44 bits per heavy atom. The molecule has 2 aromatic carbocycles. The van der Waals surface area contributed by atoms with Gasteiger partial charge in [0.15, 0.2) is 11.5 Å². The van der Waals surface area contributed by atoms with Crippen molar-refractivity contribution >= 4 is 34.9 Å². The minimum atomic E-state index is -0.427. The van der Waals surface area contributed by atoms with Gasteiger partial charge in [-0.25, -0.2) is 0 Å². The first kappa shape index (κ1) is 25.3. The molecular formula is C27H29N3O5S. The molecule has 9 heteroatoms. The number of ether oxygens (including phenoxy) is 3. The van der Waals surface area contributed by atoms with Crippen molar-refractivity contribution in [2.45, 2.75) is 6.54 Å². The number of benzene rings is 2. The van der Waals surface area contributed by atoms with Gasteiger partial charge in [-0.1, -0.05) is 18.2 Å². The average molecular weight is 508 g/mol. The lowest BCUT2D eigenvalue weighted by atomic mass is 10.1. The summed E-state index contributed by atoms with van der Waals surface area (Å²) in [6.45, 7) is 3.52. The molecule has 2 heterocycles. The van der Waals surface area contributed by atoms with E-state index in [1.165, 1.54) is 25.6 Å². The molecule has 0 radical (unpaired) electrons. The van der Waals surface area contributed by atoms with Gasteiger partial charge in [0.1, 0.15) is 5.70 Å². The number of anilines is 1. The van der Waals surface area contributed by atoms with Crippen LogP contribution in [-0.4, -0.2) is 52.3 Å². The van der Waals surface area contributed by atoms with Gasteiger partial charge in [0.2, 0.25) is 0 Å². The Morgan fingerprint density at radius 1 is 1.03 bits per heavy atom. The van der Waals surface area contributed by atoms with E-state index in [1.54, 1.807) is 24.3 Å². The number of rotatable bonds is 9. The largest absolute Gasteiger partial charge is 0.493 e. The number of hydrogen-bond acceptors (Lipinski definition) is 7. The highest BCUT2D eigenvalue weighted by Gasteiger charge is 2.17. The number of carbonyl (C=O) groups is 2. The summed E-state index contributed by atoms with van der Waals surface area (Å²) in [6.07, 6.45) is 1.67. The zero-order valence-corrected chi connectivity index (χ0v) is 21.1. The SMILES string of the molecule is COc1ccc(C(=O)N/C(=C\c2cccs2)C(=O)NCc2ccc(N3CCOCC3)cc2)cc1OC. The van der Waals surface area contributed by atoms with Crippen LogP contribution in [0.4, 0.5) is 5.69 Å². The summed E-state index contributed by atoms with van der Waals surface area (Å²) in [5.74, 6) is 0.137. The molecule has 4 rings (SSSR count). The van der Waals surface area contributed by atoms with E-state index in [9.17, 15) is 9.59 Å². The Hall–Kier alpha value is -3.82. The molecule has 0 spiro atoms. The third-order valence-corrected chi connectivity index (χ3v) is 6.55.